The van der Waals surface area contributed by atoms with E-state index < -0.39 is 0 Å². The van der Waals surface area contributed by atoms with Crippen LogP contribution in [-0.4, -0.2) is 30.8 Å². The number of rotatable bonds is 2. The summed E-state index contributed by atoms with van der Waals surface area (Å²) in [5.41, 5.74) is 2.59. The van der Waals surface area contributed by atoms with Crippen molar-refractivity contribution in [3.63, 3.8) is 0 Å². The van der Waals surface area contributed by atoms with Gasteiger partial charge in [-0.15, -0.1) is 0 Å². The van der Waals surface area contributed by atoms with Gasteiger partial charge in [-0.25, -0.2) is 0 Å². The molecule has 0 aromatic heterocycles. The smallest absolute Gasteiger partial charge is 0.399 e. The lowest BCUT2D eigenvalue weighted by molar-refractivity contribution is -0.118. The van der Waals surface area contributed by atoms with Gasteiger partial charge in [0.1, 0.15) is 0 Å². The van der Waals surface area contributed by atoms with E-state index in [2.05, 4.69) is 33.8 Å². The number of carbonyl (C=O) groups excluding carboxylic acids is 1. The van der Waals surface area contributed by atoms with Gasteiger partial charge in [-0.05, 0) is 58.1 Å². The molecule has 1 fully saturated rings. The van der Waals surface area contributed by atoms with E-state index in [4.69, 9.17) is 9.31 Å². The average molecular weight is 301 g/mol. The maximum absolute atomic E-state index is 12.0. The summed E-state index contributed by atoms with van der Waals surface area (Å²) in [6, 6.07) is 6.17. The molecular weight excluding hydrogens is 277 g/mol. The van der Waals surface area contributed by atoms with E-state index in [1.807, 2.05) is 24.0 Å². The normalized spacial score (nSPS) is 22.9. The first-order valence-corrected chi connectivity index (χ1v) is 8.04. The average Bonchev–Trinajstić information content (AvgIpc) is 2.67. The van der Waals surface area contributed by atoms with Crippen molar-refractivity contribution in [3.8, 4) is 0 Å². The standard InChI is InChI=1S/C17H24BNO3/c1-6-19-14-9-8-13(11-12(14)7-10-15(19)20)18-21-16(2,3)17(4,5)22-18/h8-9,11H,6-7,10H2,1-5H3. The van der Waals surface area contributed by atoms with Crippen molar-refractivity contribution in [2.45, 2.75) is 58.7 Å². The second kappa shape index (κ2) is 5.10. The van der Waals surface area contributed by atoms with Gasteiger partial charge in [0.15, 0.2) is 0 Å². The molecule has 0 bridgehead atoms. The lowest BCUT2D eigenvalue weighted by Crippen LogP contribution is -2.41. The van der Waals surface area contributed by atoms with E-state index in [9.17, 15) is 4.79 Å². The second-order valence-corrected chi connectivity index (χ2v) is 7.11. The molecule has 5 heteroatoms. The van der Waals surface area contributed by atoms with E-state index in [1.54, 1.807) is 0 Å². The first-order chi connectivity index (χ1) is 10.2. The molecule has 2 aliphatic heterocycles. The highest BCUT2D eigenvalue weighted by atomic mass is 16.7. The number of fused-ring (bicyclic) bond motifs is 1. The largest absolute Gasteiger partial charge is 0.494 e. The molecule has 1 aromatic carbocycles. The van der Waals surface area contributed by atoms with E-state index >= 15 is 0 Å². The number of hydrogen-bond acceptors (Lipinski definition) is 3. The summed E-state index contributed by atoms with van der Waals surface area (Å²) in [4.78, 5) is 13.8. The summed E-state index contributed by atoms with van der Waals surface area (Å²) in [5.74, 6) is 0.207. The Morgan fingerprint density at radius 1 is 1.14 bits per heavy atom. The van der Waals surface area contributed by atoms with Crippen LogP contribution in [-0.2, 0) is 20.5 Å². The Morgan fingerprint density at radius 2 is 1.77 bits per heavy atom. The van der Waals surface area contributed by atoms with Crippen LogP contribution in [0.5, 0.6) is 0 Å². The van der Waals surface area contributed by atoms with Crippen molar-refractivity contribution >= 4 is 24.2 Å². The SMILES string of the molecule is CCN1C(=O)CCc2cc(B3OC(C)(C)C(C)(C)O3)ccc21. The zero-order valence-electron chi connectivity index (χ0n) is 14.1. The van der Waals surface area contributed by atoms with Gasteiger partial charge in [0.05, 0.1) is 11.2 Å². The molecule has 118 valence electrons. The van der Waals surface area contributed by atoms with Gasteiger partial charge < -0.3 is 14.2 Å². The number of nitrogens with zero attached hydrogens (tertiary/aromatic N) is 1. The number of benzene rings is 1. The minimum atomic E-state index is -0.344. The van der Waals surface area contributed by atoms with Crippen LogP contribution >= 0.6 is 0 Å². The maximum atomic E-state index is 12.0. The van der Waals surface area contributed by atoms with Crippen molar-refractivity contribution in [2.75, 3.05) is 11.4 Å². The van der Waals surface area contributed by atoms with Gasteiger partial charge in [-0.2, -0.15) is 0 Å². The van der Waals surface area contributed by atoms with Crippen LogP contribution in [0.25, 0.3) is 0 Å². The molecule has 0 atom stereocenters. The van der Waals surface area contributed by atoms with Crippen molar-refractivity contribution in [1.82, 2.24) is 0 Å². The van der Waals surface area contributed by atoms with Crippen molar-refractivity contribution < 1.29 is 14.1 Å². The molecule has 3 rings (SSSR count). The van der Waals surface area contributed by atoms with Gasteiger partial charge >= 0.3 is 7.12 Å². The molecule has 0 unspecified atom stereocenters. The van der Waals surface area contributed by atoms with Crippen LogP contribution in [0.1, 0.15) is 46.6 Å². The predicted octanol–water partition coefficient (Wildman–Crippen LogP) is 2.28. The Balaban J connectivity index is 1.91. The highest BCUT2D eigenvalue weighted by Crippen LogP contribution is 2.37. The molecule has 0 spiro atoms. The van der Waals surface area contributed by atoms with Gasteiger partial charge in [0.2, 0.25) is 5.91 Å². The third-order valence-corrected chi connectivity index (χ3v) is 5.15. The first kappa shape index (κ1) is 15.6. The first-order valence-electron chi connectivity index (χ1n) is 8.04. The lowest BCUT2D eigenvalue weighted by Gasteiger charge is -2.32. The molecule has 0 aliphatic carbocycles. The van der Waals surface area contributed by atoms with Crippen LogP contribution in [0.15, 0.2) is 18.2 Å². The van der Waals surface area contributed by atoms with Crippen LogP contribution in [0.3, 0.4) is 0 Å². The molecule has 22 heavy (non-hydrogen) atoms. The molecule has 1 saturated heterocycles. The fraction of sp³-hybridized carbons (Fsp3) is 0.588. The van der Waals surface area contributed by atoms with Crippen LogP contribution in [0.2, 0.25) is 0 Å². The summed E-state index contributed by atoms with van der Waals surface area (Å²) in [6.45, 7) is 11.0. The van der Waals surface area contributed by atoms with Crippen LogP contribution in [0.4, 0.5) is 5.69 Å². The highest BCUT2D eigenvalue weighted by molar-refractivity contribution is 6.62. The predicted molar refractivity (Wildman–Crippen MR) is 88.5 cm³/mol. The summed E-state index contributed by atoms with van der Waals surface area (Å²) in [5, 5.41) is 0. The topological polar surface area (TPSA) is 38.8 Å². The minimum Gasteiger partial charge on any atom is -0.399 e. The van der Waals surface area contributed by atoms with E-state index in [-0.39, 0.29) is 24.2 Å². The van der Waals surface area contributed by atoms with Crippen molar-refractivity contribution in [1.29, 1.82) is 0 Å². The summed E-state index contributed by atoms with van der Waals surface area (Å²) < 4.78 is 12.2. The Kier molecular flexibility index (Phi) is 3.61. The number of amides is 1. The van der Waals surface area contributed by atoms with E-state index in [0.717, 1.165) is 17.6 Å². The number of aryl methyl sites for hydroxylation is 1. The van der Waals surface area contributed by atoms with Crippen LogP contribution in [0, 0.1) is 0 Å². The zero-order valence-corrected chi connectivity index (χ0v) is 14.1. The van der Waals surface area contributed by atoms with Crippen molar-refractivity contribution in [3.05, 3.63) is 23.8 Å². The number of anilines is 1. The van der Waals surface area contributed by atoms with Gasteiger partial charge in [0.25, 0.3) is 0 Å². The molecule has 4 nitrogen and oxygen atoms in total. The van der Waals surface area contributed by atoms with Crippen molar-refractivity contribution in [2.24, 2.45) is 0 Å². The highest BCUT2D eigenvalue weighted by Gasteiger charge is 2.51. The third-order valence-electron chi connectivity index (χ3n) is 5.15. The van der Waals surface area contributed by atoms with Gasteiger partial charge in [-0.3, -0.25) is 4.79 Å². The lowest BCUT2D eigenvalue weighted by atomic mass is 9.77. The number of carbonyl (C=O) groups is 1. The quantitative estimate of drug-likeness (QED) is 0.787. The molecule has 1 aromatic rings. The Bertz CT molecular complexity index is 596. The Hall–Kier alpha value is -1.33. The molecule has 1 amide bonds. The van der Waals surface area contributed by atoms with E-state index in [0.29, 0.717) is 13.0 Å². The van der Waals surface area contributed by atoms with Crippen LogP contribution < -0.4 is 10.4 Å². The Morgan fingerprint density at radius 3 is 2.36 bits per heavy atom. The fourth-order valence-electron chi connectivity index (χ4n) is 3.05. The molecule has 2 heterocycles. The molecule has 0 saturated carbocycles. The number of hydrogen-bond donors (Lipinski definition) is 0. The summed E-state index contributed by atoms with van der Waals surface area (Å²) in [7, 11) is -0.344. The molecular formula is C17H24BNO3. The summed E-state index contributed by atoms with van der Waals surface area (Å²) in [6.07, 6.45) is 1.37. The van der Waals surface area contributed by atoms with Gasteiger partial charge in [0, 0.05) is 18.7 Å². The zero-order chi connectivity index (χ0) is 16.1. The maximum Gasteiger partial charge on any atom is 0.494 e. The molecule has 2 aliphatic rings. The van der Waals surface area contributed by atoms with Gasteiger partial charge in [-0.1, -0.05) is 12.1 Å². The molecule has 0 radical (unpaired) electrons. The Labute approximate surface area is 132 Å². The second-order valence-electron chi connectivity index (χ2n) is 7.11. The molecule has 0 N–H and O–H groups in total. The van der Waals surface area contributed by atoms with E-state index in [1.165, 1.54) is 5.56 Å². The fourth-order valence-corrected chi connectivity index (χ4v) is 3.05. The third kappa shape index (κ3) is 2.36. The monoisotopic (exact) mass is 301 g/mol. The minimum absolute atomic E-state index is 0.207. The summed E-state index contributed by atoms with van der Waals surface area (Å²) >= 11 is 0.